The molecule has 2 fully saturated rings. The van der Waals surface area contributed by atoms with Crippen LogP contribution in [0.3, 0.4) is 0 Å². The van der Waals surface area contributed by atoms with E-state index in [9.17, 15) is 0 Å². The van der Waals surface area contributed by atoms with Crippen LogP contribution in [0.5, 0.6) is 0 Å². The van der Waals surface area contributed by atoms with E-state index in [0.717, 1.165) is 18.6 Å². The number of ether oxygens (including phenoxy) is 1. The maximum absolute atomic E-state index is 5.65. The van der Waals surface area contributed by atoms with Gasteiger partial charge in [-0.15, -0.1) is 0 Å². The van der Waals surface area contributed by atoms with Crippen LogP contribution < -0.4 is 0 Å². The molecule has 12 heavy (non-hydrogen) atoms. The third kappa shape index (κ3) is 1.50. The first-order valence-electron chi connectivity index (χ1n) is 5.13. The number of fused-ring (bicyclic) bond motifs is 1. The van der Waals surface area contributed by atoms with Crippen molar-refractivity contribution in [1.82, 2.24) is 4.90 Å². The molecular weight excluding hydrogens is 150 g/mol. The fourth-order valence-electron chi connectivity index (χ4n) is 2.49. The molecule has 2 aliphatic heterocycles. The minimum Gasteiger partial charge on any atom is -0.376 e. The minimum atomic E-state index is 0.573. The van der Waals surface area contributed by atoms with Crippen LogP contribution in [0.1, 0.15) is 26.7 Å². The van der Waals surface area contributed by atoms with Crippen LogP contribution in [0.2, 0.25) is 0 Å². The zero-order valence-electron chi connectivity index (χ0n) is 8.12. The van der Waals surface area contributed by atoms with E-state index in [1.165, 1.54) is 25.9 Å². The topological polar surface area (TPSA) is 12.5 Å². The van der Waals surface area contributed by atoms with Crippen LogP contribution in [0, 0.1) is 5.92 Å². The molecule has 0 saturated carbocycles. The van der Waals surface area contributed by atoms with Crippen molar-refractivity contribution in [3.8, 4) is 0 Å². The van der Waals surface area contributed by atoms with Gasteiger partial charge in [-0.05, 0) is 18.8 Å². The van der Waals surface area contributed by atoms with Crippen molar-refractivity contribution in [2.45, 2.75) is 38.8 Å². The molecule has 0 spiro atoms. The zero-order valence-corrected chi connectivity index (χ0v) is 8.12. The quantitative estimate of drug-likeness (QED) is 0.621. The van der Waals surface area contributed by atoms with E-state index in [1.54, 1.807) is 0 Å². The Hall–Kier alpha value is -0.0800. The number of hydrogen-bond acceptors (Lipinski definition) is 2. The number of likely N-dealkylation sites (tertiary alicyclic amines) is 1. The summed E-state index contributed by atoms with van der Waals surface area (Å²) in [6.07, 6.45) is 3.10. The van der Waals surface area contributed by atoms with E-state index >= 15 is 0 Å². The van der Waals surface area contributed by atoms with Crippen LogP contribution in [-0.2, 0) is 4.74 Å². The third-order valence-corrected chi connectivity index (χ3v) is 2.94. The average molecular weight is 169 g/mol. The maximum atomic E-state index is 5.65. The average Bonchev–Trinajstić information content (AvgIpc) is 2.52. The SMILES string of the molecule is CC(C)CN1CC[C@@H]2OCC[C@@H]21. The number of rotatable bonds is 2. The highest BCUT2D eigenvalue weighted by Crippen LogP contribution is 2.29. The summed E-state index contributed by atoms with van der Waals surface area (Å²) in [4.78, 5) is 2.61. The van der Waals surface area contributed by atoms with Crippen molar-refractivity contribution < 1.29 is 4.74 Å². The molecule has 2 saturated heterocycles. The fraction of sp³-hybridized carbons (Fsp3) is 1.00. The summed E-state index contributed by atoms with van der Waals surface area (Å²) < 4.78 is 5.65. The summed E-state index contributed by atoms with van der Waals surface area (Å²) in [6.45, 7) is 8.09. The van der Waals surface area contributed by atoms with Gasteiger partial charge in [0, 0.05) is 25.7 Å². The molecule has 0 amide bonds. The lowest BCUT2D eigenvalue weighted by atomic mass is 10.1. The molecule has 2 nitrogen and oxygen atoms in total. The van der Waals surface area contributed by atoms with E-state index in [-0.39, 0.29) is 0 Å². The first-order chi connectivity index (χ1) is 5.77. The molecule has 2 atom stereocenters. The third-order valence-electron chi connectivity index (χ3n) is 2.94. The Morgan fingerprint density at radius 2 is 2.25 bits per heavy atom. The Morgan fingerprint density at radius 1 is 1.42 bits per heavy atom. The van der Waals surface area contributed by atoms with E-state index in [4.69, 9.17) is 4.74 Å². The smallest absolute Gasteiger partial charge is 0.0743 e. The van der Waals surface area contributed by atoms with E-state index in [0.29, 0.717) is 6.10 Å². The highest BCUT2D eigenvalue weighted by atomic mass is 16.5. The Morgan fingerprint density at radius 3 is 3.00 bits per heavy atom. The molecule has 0 aromatic heterocycles. The summed E-state index contributed by atoms with van der Waals surface area (Å²) in [5, 5.41) is 0. The lowest BCUT2D eigenvalue weighted by Gasteiger charge is -2.24. The van der Waals surface area contributed by atoms with Crippen molar-refractivity contribution in [2.24, 2.45) is 5.92 Å². The number of hydrogen-bond donors (Lipinski definition) is 0. The predicted molar refractivity (Wildman–Crippen MR) is 49.2 cm³/mol. The van der Waals surface area contributed by atoms with Gasteiger partial charge in [0.05, 0.1) is 6.10 Å². The molecular formula is C10H19NO. The second kappa shape index (κ2) is 3.35. The summed E-state index contributed by atoms with van der Waals surface area (Å²) in [7, 11) is 0. The molecule has 70 valence electrons. The van der Waals surface area contributed by atoms with Crippen LogP contribution in [0.25, 0.3) is 0 Å². The van der Waals surface area contributed by atoms with E-state index < -0.39 is 0 Å². The van der Waals surface area contributed by atoms with Gasteiger partial charge in [0.1, 0.15) is 0 Å². The molecule has 0 radical (unpaired) electrons. The van der Waals surface area contributed by atoms with Crippen LogP contribution in [-0.4, -0.2) is 36.7 Å². The fourth-order valence-corrected chi connectivity index (χ4v) is 2.49. The molecule has 2 heterocycles. The first kappa shape index (κ1) is 8.52. The van der Waals surface area contributed by atoms with Crippen LogP contribution in [0.4, 0.5) is 0 Å². The van der Waals surface area contributed by atoms with Crippen molar-refractivity contribution in [3.63, 3.8) is 0 Å². The summed E-state index contributed by atoms with van der Waals surface area (Å²) in [5.74, 6) is 0.796. The summed E-state index contributed by atoms with van der Waals surface area (Å²) >= 11 is 0. The molecule has 0 bridgehead atoms. The van der Waals surface area contributed by atoms with Crippen molar-refractivity contribution in [1.29, 1.82) is 0 Å². The second-order valence-corrected chi connectivity index (χ2v) is 4.44. The van der Waals surface area contributed by atoms with Crippen LogP contribution in [0.15, 0.2) is 0 Å². The molecule has 0 N–H and O–H groups in total. The highest BCUT2D eigenvalue weighted by Gasteiger charge is 2.38. The lowest BCUT2D eigenvalue weighted by Crippen LogP contribution is -2.34. The Balaban J connectivity index is 1.91. The van der Waals surface area contributed by atoms with Gasteiger partial charge in [0.2, 0.25) is 0 Å². The van der Waals surface area contributed by atoms with Crippen LogP contribution >= 0.6 is 0 Å². The van der Waals surface area contributed by atoms with E-state index in [2.05, 4.69) is 18.7 Å². The Labute approximate surface area is 74.9 Å². The molecule has 2 aliphatic rings. The molecule has 0 aromatic rings. The molecule has 2 rings (SSSR count). The van der Waals surface area contributed by atoms with E-state index in [1.807, 2.05) is 0 Å². The van der Waals surface area contributed by atoms with Crippen molar-refractivity contribution in [3.05, 3.63) is 0 Å². The van der Waals surface area contributed by atoms with Gasteiger partial charge in [-0.25, -0.2) is 0 Å². The predicted octanol–water partition coefficient (Wildman–Crippen LogP) is 1.51. The summed E-state index contributed by atoms with van der Waals surface area (Å²) in [5.41, 5.74) is 0. The highest BCUT2D eigenvalue weighted by molar-refractivity contribution is 4.91. The lowest BCUT2D eigenvalue weighted by molar-refractivity contribution is 0.104. The Kier molecular flexibility index (Phi) is 2.37. The largest absolute Gasteiger partial charge is 0.376 e. The first-order valence-corrected chi connectivity index (χ1v) is 5.13. The maximum Gasteiger partial charge on any atom is 0.0743 e. The molecule has 0 aromatic carbocycles. The minimum absolute atomic E-state index is 0.573. The molecule has 2 heteroatoms. The molecule has 0 unspecified atom stereocenters. The van der Waals surface area contributed by atoms with Gasteiger partial charge in [0.15, 0.2) is 0 Å². The normalized spacial score (nSPS) is 36.2. The van der Waals surface area contributed by atoms with Gasteiger partial charge in [-0.1, -0.05) is 13.8 Å². The molecule has 0 aliphatic carbocycles. The number of nitrogens with zero attached hydrogens (tertiary/aromatic N) is 1. The van der Waals surface area contributed by atoms with Gasteiger partial charge in [0.25, 0.3) is 0 Å². The summed E-state index contributed by atoms with van der Waals surface area (Å²) in [6, 6.07) is 0.757. The standard InChI is InChI=1S/C10H19NO/c1-8(2)7-11-5-3-10-9(11)4-6-12-10/h8-10H,3-7H2,1-2H3/t9-,10-/m0/s1. The van der Waals surface area contributed by atoms with Gasteiger partial charge in [-0.3, -0.25) is 4.90 Å². The van der Waals surface area contributed by atoms with Gasteiger partial charge in [-0.2, -0.15) is 0 Å². The zero-order chi connectivity index (χ0) is 8.55. The Bertz CT molecular complexity index is 158. The van der Waals surface area contributed by atoms with Gasteiger partial charge >= 0.3 is 0 Å². The second-order valence-electron chi connectivity index (χ2n) is 4.44. The van der Waals surface area contributed by atoms with Crippen molar-refractivity contribution >= 4 is 0 Å². The van der Waals surface area contributed by atoms with Gasteiger partial charge < -0.3 is 4.74 Å². The van der Waals surface area contributed by atoms with Crippen molar-refractivity contribution in [2.75, 3.05) is 19.7 Å². The monoisotopic (exact) mass is 169 g/mol.